The molecule has 0 fully saturated rings. The predicted molar refractivity (Wildman–Crippen MR) is 72.4 cm³/mol. The van der Waals surface area contributed by atoms with E-state index in [4.69, 9.17) is 9.15 Å². The molecular weight excluding hydrogens is 264 g/mol. The van der Waals surface area contributed by atoms with Gasteiger partial charge in [-0.2, -0.15) is 0 Å². The van der Waals surface area contributed by atoms with Crippen molar-refractivity contribution in [1.29, 1.82) is 0 Å². The molecule has 0 aliphatic rings. The van der Waals surface area contributed by atoms with Gasteiger partial charge in [-0.15, -0.1) is 11.3 Å². The number of aromatic nitrogens is 2. The number of carbonyl (C=O) groups is 1. The molecule has 0 radical (unpaired) electrons. The van der Waals surface area contributed by atoms with Gasteiger partial charge in [0.05, 0.1) is 23.0 Å². The van der Waals surface area contributed by atoms with Gasteiger partial charge >= 0.3 is 5.97 Å². The molecule has 0 aliphatic carbocycles. The summed E-state index contributed by atoms with van der Waals surface area (Å²) in [7, 11) is 0. The number of esters is 1. The van der Waals surface area contributed by atoms with Crippen molar-refractivity contribution in [3.8, 4) is 10.8 Å². The van der Waals surface area contributed by atoms with Crippen LogP contribution >= 0.6 is 11.3 Å². The summed E-state index contributed by atoms with van der Waals surface area (Å²) >= 11 is 1.51. The lowest BCUT2D eigenvalue weighted by molar-refractivity contribution is 0.0489. The van der Waals surface area contributed by atoms with E-state index < -0.39 is 5.97 Å². The van der Waals surface area contributed by atoms with Gasteiger partial charge in [0.15, 0.2) is 0 Å². The fourth-order valence-corrected chi connectivity index (χ4v) is 2.62. The maximum absolute atomic E-state index is 11.8. The smallest absolute Gasteiger partial charge is 0.376 e. The van der Waals surface area contributed by atoms with Crippen LogP contribution in [-0.4, -0.2) is 22.5 Å². The Hall–Kier alpha value is -1.69. The Bertz CT molecular complexity index is 601. The summed E-state index contributed by atoms with van der Waals surface area (Å²) in [6.45, 7) is 7.83. The van der Waals surface area contributed by atoms with Gasteiger partial charge in [-0.25, -0.2) is 14.8 Å². The summed E-state index contributed by atoms with van der Waals surface area (Å²) in [5.41, 5.74) is 1.49. The fraction of sp³-hybridized carbons (Fsp3) is 0.462. The molecule has 2 aromatic rings. The topological polar surface area (TPSA) is 65.2 Å². The molecule has 102 valence electrons. The van der Waals surface area contributed by atoms with Gasteiger partial charge in [-0.05, 0) is 27.2 Å². The molecule has 0 spiro atoms. The molecule has 0 atom stereocenters. The molecule has 2 aromatic heterocycles. The maximum atomic E-state index is 11.8. The third-order valence-electron chi connectivity index (χ3n) is 2.59. The summed E-state index contributed by atoms with van der Waals surface area (Å²) < 4.78 is 10.6. The van der Waals surface area contributed by atoms with Crippen LogP contribution in [0.1, 0.15) is 40.8 Å². The first-order valence-corrected chi connectivity index (χ1v) is 6.99. The average molecular weight is 280 g/mol. The van der Waals surface area contributed by atoms with Crippen LogP contribution in [0.15, 0.2) is 4.42 Å². The number of hydrogen-bond acceptors (Lipinski definition) is 6. The first-order chi connectivity index (χ1) is 9.06. The largest absolute Gasteiger partial charge is 0.460 e. The zero-order valence-electron chi connectivity index (χ0n) is 11.4. The lowest BCUT2D eigenvalue weighted by Crippen LogP contribution is -2.05. The second-order valence-electron chi connectivity index (χ2n) is 4.02. The molecular formula is C13H16N2O3S. The molecule has 5 nitrogen and oxygen atoms in total. The third-order valence-corrected chi connectivity index (χ3v) is 3.65. The van der Waals surface area contributed by atoms with Crippen LogP contribution in [0.3, 0.4) is 0 Å². The Labute approximate surface area is 115 Å². The van der Waals surface area contributed by atoms with Gasteiger partial charge in [0.2, 0.25) is 11.7 Å². The maximum Gasteiger partial charge on any atom is 0.376 e. The highest BCUT2D eigenvalue weighted by Crippen LogP contribution is 2.30. The molecule has 2 rings (SSSR count). The molecule has 0 unspecified atom stereocenters. The van der Waals surface area contributed by atoms with Crippen LogP contribution in [0.2, 0.25) is 0 Å². The third kappa shape index (κ3) is 2.68. The van der Waals surface area contributed by atoms with Gasteiger partial charge in [-0.3, -0.25) is 0 Å². The van der Waals surface area contributed by atoms with E-state index in [1.165, 1.54) is 11.3 Å². The highest BCUT2D eigenvalue weighted by molar-refractivity contribution is 7.15. The van der Waals surface area contributed by atoms with Crippen LogP contribution < -0.4 is 0 Å². The first kappa shape index (κ1) is 13.7. The van der Waals surface area contributed by atoms with Crippen LogP contribution in [0.25, 0.3) is 10.8 Å². The second kappa shape index (κ2) is 5.52. The predicted octanol–water partition coefficient (Wildman–Crippen LogP) is 3.15. The van der Waals surface area contributed by atoms with E-state index in [1.54, 1.807) is 6.92 Å². The number of rotatable bonds is 4. The summed E-state index contributed by atoms with van der Waals surface area (Å²) in [5.74, 6) is 0.185. The zero-order chi connectivity index (χ0) is 14.0. The summed E-state index contributed by atoms with van der Waals surface area (Å²) in [6.07, 6.45) is 0.620. The van der Waals surface area contributed by atoms with E-state index in [9.17, 15) is 4.79 Å². The van der Waals surface area contributed by atoms with Crippen molar-refractivity contribution in [2.45, 2.75) is 34.1 Å². The fourth-order valence-electron chi connectivity index (χ4n) is 1.77. The Morgan fingerprint density at radius 2 is 2.05 bits per heavy atom. The van der Waals surface area contributed by atoms with Crippen molar-refractivity contribution in [2.75, 3.05) is 6.61 Å². The van der Waals surface area contributed by atoms with E-state index in [-0.39, 0.29) is 5.76 Å². The van der Waals surface area contributed by atoms with Gasteiger partial charge in [-0.1, -0.05) is 6.92 Å². The lowest BCUT2D eigenvalue weighted by atomic mass is 10.3. The standard InChI is InChI=1S/C13H16N2O3S/c1-5-9-10(13(16)17-6-2)18-12(15-9)11-7(3)14-8(4)19-11/h5-6H2,1-4H3. The van der Waals surface area contributed by atoms with Crippen molar-refractivity contribution in [3.63, 3.8) is 0 Å². The number of hydrogen-bond donors (Lipinski definition) is 0. The highest BCUT2D eigenvalue weighted by Gasteiger charge is 2.23. The van der Waals surface area contributed by atoms with E-state index in [0.29, 0.717) is 24.6 Å². The molecule has 6 heteroatoms. The normalized spacial score (nSPS) is 10.7. The van der Waals surface area contributed by atoms with E-state index >= 15 is 0 Å². The molecule has 0 amide bonds. The molecule has 0 N–H and O–H groups in total. The molecule has 19 heavy (non-hydrogen) atoms. The van der Waals surface area contributed by atoms with Crippen LogP contribution in [-0.2, 0) is 11.2 Å². The molecule has 0 aliphatic heterocycles. The quantitative estimate of drug-likeness (QED) is 0.805. The Morgan fingerprint density at radius 3 is 2.58 bits per heavy atom. The SMILES string of the molecule is CCOC(=O)c1oc(-c2sc(C)nc2C)nc1CC. The Balaban J connectivity index is 2.44. The molecule has 0 saturated carbocycles. The van der Waals surface area contributed by atoms with E-state index in [2.05, 4.69) is 9.97 Å². The minimum atomic E-state index is -0.461. The van der Waals surface area contributed by atoms with Crippen LogP contribution in [0, 0.1) is 13.8 Å². The minimum Gasteiger partial charge on any atom is -0.460 e. The molecule has 0 saturated heterocycles. The second-order valence-corrected chi connectivity index (χ2v) is 5.22. The number of carbonyl (C=O) groups excluding carboxylic acids is 1. The Morgan fingerprint density at radius 1 is 1.32 bits per heavy atom. The summed E-state index contributed by atoms with van der Waals surface area (Å²) in [6, 6.07) is 0. The number of aryl methyl sites for hydroxylation is 3. The number of ether oxygens (including phenoxy) is 1. The lowest BCUT2D eigenvalue weighted by Gasteiger charge is -1.98. The number of thiazole rings is 1. The van der Waals surface area contributed by atoms with Crippen molar-refractivity contribution < 1.29 is 13.9 Å². The summed E-state index contributed by atoms with van der Waals surface area (Å²) in [4.78, 5) is 21.4. The number of nitrogens with zero attached hydrogens (tertiary/aromatic N) is 2. The van der Waals surface area contributed by atoms with Crippen molar-refractivity contribution in [3.05, 3.63) is 22.2 Å². The van der Waals surface area contributed by atoms with Gasteiger partial charge in [0, 0.05) is 0 Å². The van der Waals surface area contributed by atoms with Crippen LogP contribution in [0.5, 0.6) is 0 Å². The Kier molecular flexibility index (Phi) is 3.99. The van der Waals surface area contributed by atoms with Crippen LogP contribution in [0.4, 0.5) is 0 Å². The first-order valence-electron chi connectivity index (χ1n) is 6.18. The van der Waals surface area contributed by atoms with Crippen molar-refractivity contribution in [1.82, 2.24) is 9.97 Å². The average Bonchev–Trinajstić information content (AvgIpc) is 2.92. The van der Waals surface area contributed by atoms with Crippen molar-refractivity contribution in [2.24, 2.45) is 0 Å². The molecule has 2 heterocycles. The molecule has 0 aromatic carbocycles. The molecule has 0 bridgehead atoms. The van der Waals surface area contributed by atoms with Gasteiger partial charge in [0.1, 0.15) is 4.88 Å². The number of oxazole rings is 1. The van der Waals surface area contributed by atoms with Gasteiger partial charge < -0.3 is 9.15 Å². The van der Waals surface area contributed by atoms with E-state index in [1.807, 2.05) is 20.8 Å². The monoisotopic (exact) mass is 280 g/mol. The van der Waals surface area contributed by atoms with Crippen molar-refractivity contribution >= 4 is 17.3 Å². The minimum absolute atomic E-state index is 0.199. The van der Waals surface area contributed by atoms with Gasteiger partial charge in [0.25, 0.3) is 0 Å². The highest BCUT2D eigenvalue weighted by atomic mass is 32.1. The van der Waals surface area contributed by atoms with E-state index in [0.717, 1.165) is 15.6 Å². The summed E-state index contributed by atoms with van der Waals surface area (Å²) in [5, 5.41) is 0.946. The zero-order valence-corrected chi connectivity index (χ0v) is 12.3.